The molecule has 1 atom stereocenters. The Bertz CT molecular complexity index is 395. The van der Waals surface area contributed by atoms with E-state index in [2.05, 4.69) is 31.5 Å². The fraction of sp³-hybridized carbons (Fsp3) is 0.500. The lowest BCUT2D eigenvalue weighted by molar-refractivity contribution is -0.116. The second kappa shape index (κ2) is 6.71. The van der Waals surface area contributed by atoms with Crippen LogP contribution in [0, 0.1) is 6.92 Å². The van der Waals surface area contributed by atoms with Crippen LogP contribution in [-0.2, 0) is 4.79 Å². The molecule has 1 rings (SSSR count). The number of hydrogen-bond acceptors (Lipinski definition) is 3. The minimum atomic E-state index is -0.0207. The van der Waals surface area contributed by atoms with Crippen molar-refractivity contribution in [2.45, 2.75) is 33.2 Å². The Hall–Kier alpha value is -0.940. The normalized spacial score (nSPS) is 12.2. The molecule has 1 amide bonds. The minimum absolute atomic E-state index is 0.0207. The van der Waals surface area contributed by atoms with E-state index < -0.39 is 0 Å². The van der Waals surface area contributed by atoms with Crippen LogP contribution in [0.5, 0.6) is 0 Å². The monoisotopic (exact) mass is 299 g/mol. The molecule has 17 heavy (non-hydrogen) atoms. The maximum absolute atomic E-state index is 11.7. The number of rotatable bonds is 5. The molecule has 0 fully saturated rings. The van der Waals surface area contributed by atoms with Gasteiger partial charge in [-0.05, 0) is 48.5 Å². The number of carbonyl (C=O) groups is 1. The van der Waals surface area contributed by atoms with Crippen molar-refractivity contribution < 1.29 is 4.79 Å². The molecule has 1 unspecified atom stereocenters. The number of amides is 1. The average molecular weight is 300 g/mol. The fourth-order valence-electron chi connectivity index (χ4n) is 1.51. The van der Waals surface area contributed by atoms with Gasteiger partial charge < -0.3 is 10.6 Å². The minimum Gasteiger partial charge on any atom is -0.314 e. The van der Waals surface area contributed by atoms with Crippen molar-refractivity contribution in [1.82, 2.24) is 10.3 Å². The zero-order chi connectivity index (χ0) is 12.8. The van der Waals surface area contributed by atoms with E-state index in [1.165, 1.54) is 0 Å². The molecule has 0 aromatic carbocycles. The van der Waals surface area contributed by atoms with Crippen molar-refractivity contribution in [3.05, 3.63) is 22.3 Å². The van der Waals surface area contributed by atoms with E-state index in [4.69, 9.17) is 0 Å². The second-order valence-corrected chi connectivity index (χ2v) is 4.83. The Kier molecular flexibility index (Phi) is 5.58. The fourth-order valence-corrected chi connectivity index (χ4v) is 1.73. The van der Waals surface area contributed by atoms with Crippen molar-refractivity contribution in [2.75, 3.05) is 11.9 Å². The van der Waals surface area contributed by atoms with Gasteiger partial charge in [0.25, 0.3) is 0 Å². The molecular formula is C12H18BrN3O. The standard InChI is InChI=1S/C12H18BrN3O/c1-4-14-8(2)7-12(17)16-11-6-5-10(13)9(3)15-11/h5-6,8,14H,4,7H2,1-3H3,(H,15,16,17). The van der Waals surface area contributed by atoms with Crippen LogP contribution in [0.4, 0.5) is 5.82 Å². The van der Waals surface area contributed by atoms with Crippen LogP contribution in [0.3, 0.4) is 0 Å². The van der Waals surface area contributed by atoms with Crippen LogP contribution in [0.15, 0.2) is 16.6 Å². The van der Waals surface area contributed by atoms with Gasteiger partial charge in [-0.2, -0.15) is 0 Å². The van der Waals surface area contributed by atoms with Gasteiger partial charge in [0.2, 0.25) is 5.91 Å². The number of aromatic nitrogens is 1. The molecule has 1 aromatic heterocycles. The molecule has 4 nitrogen and oxygen atoms in total. The summed E-state index contributed by atoms with van der Waals surface area (Å²) in [5.74, 6) is 0.576. The first-order valence-corrected chi connectivity index (χ1v) is 6.48. The predicted octanol–water partition coefficient (Wildman–Crippen LogP) is 2.48. The summed E-state index contributed by atoms with van der Waals surface area (Å²) in [6.07, 6.45) is 0.449. The quantitative estimate of drug-likeness (QED) is 0.878. The first kappa shape index (κ1) is 14.1. The van der Waals surface area contributed by atoms with Crippen molar-refractivity contribution in [3.63, 3.8) is 0 Å². The largest absolute Gasteiger partial charge is 0.314 e. The summed E-state index contributed by atoms with van der Waals surface area (Å²) in [5, 5.41) is 5.98. The summed E-state index contributed by atoms with van der Waals surface area (Å²) in [6, 6.07) is 3.84. The number of pyridine rings is 1. The SMILES string of the molecule is CCNC(C)CC(=O)Nc1ccc(Br)c(C)n1. The third kappa shape index (κ3) is 4.83. The van der Waals surface area contributed by atoms with Gasteiger partial charge in [0, 0.05) is 16.9 Å². The van der Waals surface area contributed by atoms with Crippen molar-refractivity contribution in [1.29, 1.82) is 0 Å². The molecule has 94 valence electrons. The lowest BCUT2D eigenvalue weighted by atomic mass is 10.2. The summed E-state index contributed by atoms with van der Waals surface area (Å²) < 4.78 is 0.941. The number of nitrogens with zero attached hydrogens (tertiary/aromatic N) is 1. The molecular weight excluding hydrogens is 282 g/mol. The molecule has 0 aliphatic carbocycles. The molecule has 1 aromatic rings. The molecule has 0 bridgehead atoms. The van der Waals surface area contributed by atoms with Gasteiger partial charge in [-0.3, -0.25) is 4.79 Å². The number of anilines is 1. The summed E-state index contributed by atoms with van der Waals surface area (Å²) >= 11 is 3.37. The average Bonchev–Trinajstić information content (AvgIpc) is 2.23. The molecule has 5 heteroatoms. The van der Waals surface area contributed by atoms with Gasteiger partial charge in [0.15, 0.2) is 0 Å². The number of carbonyl (C=O) groups excluding carboxylic acids is 1. The summed E-state index contributed by atoms with van der Waals surface area (Å²) in [5.41, 5.74) is 0.863. The van der Waals surface area contributed by atoms with Gasteiger partial charge in [0.05, 0.1) is 5.69 Å². The van der Waals surface area contributed by atoms with Gasteiger partial charge in [-0.1, -0.05) is 6.92 Å². The topological polar surface area (TPSA) is 54.0 Å². The predicted molar refractivity (Wildman–Crippen MR) is 73.1 cm³/mol. The maximum atomic E-state index is 11.7. The van der Waals surface area contributed by atoms with Gasteiger partial charge >= 0.3 is 0 Å². The summed E-state index contributed by atoms with van der Waals surface area (Å²) in [4.78, 5) is 16.0. The van der Waals surface area contributed by atoms with E-state index in [1.807, 2.05) is 26.8 Å². The van der Waals surface area contributed by atoms with Crippen molar-refractivity contribution in [3.8, 4) is 0 Å². The molecule has 0 aliphatic rings. The van der Waals surface area contributed by atoms with Gasteiger partial charge in [0.1, 0.15) is 5.82 Å². The Morgan fingerprint density at radius 3 is 2.82 bits per heavy atom. The first-order valence-electron chi connectivity index (χ1n) is 5.69. The molecule has 0 aliphatic heterocycles. The Morgan fingerprint density at radius 2 is 2.24 bits per heavy atom. The number of nitrogens with one attached hydrogen (secondary N) is 2. The Labute approximate surface area is 110 Å². The van der Waals surface area contributed by atoms with Crippen LogP contribution in [-0.4, -0.2) is 23.5 Å². The number of halogens is 1. The molecule has 0 spiro atoms. The molecule has 0 saturated carbocycles. The lowest BCUT2D eigenvalue weighted by Crippen LogP contribution is -2.30. The molecule has 1 heterocycles. The summed E-state index contributed by atoms with van der Waals surface area (Å²) in [7, 11) is 0. The highest BCUT2D eigenvalue weighted by atomic mass is 79.9. The molecule has 0 saturated heterocycles. The van der Waals surface area contributed by atoms with E-state index in [0.29, 0.717) is 12.2 Å². The van der Waals surface area contributed by atoms with Crippen molar-refractivity contribution in [2.24, 2.45) is 0 Å². The Balaban J connectivity index is 2.53. The molecule has 2 N–H and O–H groups in total. The van der Waals surface area contributed by atoms with Crippen molar-refractivity contribution >= 4 is 27.7 Å². The third-order valence-electron chi connectivity index (χ3n) is 2.33. The highest BCUT2D eigenvalue weighted by molar-refractivity contribution is 9.10. The van der Waals surface area contributed by atoms with E-state index in [1.54, 1.807) is 6.07 Å². The van der Waals surface area contributed by atoms with Crippen LogP contribution >= 0.6 is 15.9 Å². The maximum Gasteiger partial charge on any atom is 0.227 e. The second-order valence-electron chi connectivity index (χ2n) is 3.97. The van der Waals surface area contributed by atoms with E-state index in [9.17, 15) is 4.79 Å². The van der Waals surface area contributed by atoms with E-state index in [0.717, 1.165) is 16.7 Å². The molecule has 0 radical (unpaired) electrons. The van der Waals surface area contributed by atoms with E-state index >= 15 is 0 Å². The highest BCUT2D eigenvalue weighted by Crippen LogP contribution is 2.16. The first-order chi connectivity index (χ1) is 8.02. The van der Waals surface area contributed by atoms with Crippen LogP contribution < -0.4 is 10.6 Å². The van der Waals surface area contributed by atoms with E-state index in [-0.39, 0.29) is 11.9 Å². The smallest absolute Gasteiger partial charge is 0.227 e. The third-order valence-corrected chi connectivity index (χ3v) is 3.17. The van der Waals surface area contributed by atoms with Crippen LogP contribution in [0.1, 0.15) is 26.0 Å². The summed E-state index contributed by atoms with van der Waals surface area (Å²) in [6.45, 7) is 6.77. The van der Waals surface area contributed by atoms with Crippen LogP contribution in [0.2, 0.25) is 0 Å². The van der Waals surface area contributed by atoms with Gasteiger partial charge in [-0.25, -0.2) is 4.98 Å². The zero-order valence-corrected chi connectivity index (χ0v) is 12.0. The lowest BCUT2D eigenvalue weighted by Gasteiger charge is -2.12. The highest BCUT2D eigenvalue weighted by Gasteiger charge is 2.09. The number of hydrogen-bond donors (Lipinski definition) is 2. The number of aryl methyl sites for hydroxylation is 1. The zero-order valence-electron chi connectivity index (χ0n) is 10.4. The van der Waals surface area contributed by atoms with Crippen LogP contribution in [0.25, 0.3) is 0 Å². The Morgan fingerprint density at radius 1 is 1.53 bits per heavy atom. The van der Waals surface area contributed by atoms with Gasteiger partial charge in [-0.15, -0.1) is 0 Å².